The van der Waals surface area contributed by atoms with Crippen LogP contribution in [0.5, 0.6) is 5.75 Å². The van der Waals surface area contributed by atoms with Crippen LogP contribution in [0.2, 0.25) is 0 Å². The van der Waals surface area contributed by atoms with Crippen molar-refractivity contribution in [2.45, 2.75) is 20.5 Å². The molecule has 1 nitrogen and oxygen atoms in total. The van der Waals surface area contributed by atoms with E-state index in [1.807, 2.05) is 26.0 Å². The van der Waals surface area contributed by atoms with Gasteiger partial charge in [-0.25, -0.2) is 4.39 Å². The van der Waals surface area contributed by atoms with Gasteiger partial charge in [-0.2, -0.15) is 0 Å². The van der Waals surface area contributed by atoms with Crippen molar-refractivity contribution in [1.29, 1.82) is 0 Å². The number of hydrogen-bond acceptors (Lipinski definition) is 1. The standard InChI is InChI=1S/C15H14BF4O/c1-10-3-4-12(7-11(10)2)9-21-15-8-13(16(18,19)20)5-6-14(15)17/h3-8H,9H2,1-2H3/q-1. The first kappa shape index (κ1) is 15.4. The highest BCUT2D eigenvalue weighted by Crippen LogP contribution is 2.20. The quantitative estimate of drug-likeness (QED) is 0.610. The highest BCUT2D eigenvalue weighted by atomic mass is 19.4. The van der Waals surface area contributed by atoms with Crippen molar-refractivity contribution in [2.75, 3.05) is 0 Å². The van der Waals surface area contributed by atoms with Crippen LogP contribution in [-0.4, -0.2) is 6.98 Å². The fourth-order valence-corrected chi connectivity index (χ4v) is 1.89. The molecule has 0 spiro atoms. The van der Waals surface area contributed by atoms with E-state index >= 15 is 0 Å². The Labute approximate surface area is 120 Å². The normalized spacial score (nSPS) is 11.5. The zero-order valence-corrected chi connectivity index (χ0v) is 11.7. The van der Waals surface area contributed by atoms with Gasteiger partial charge in [0.25, 0.3) is 0 Å². The van der Waals surface area contributed by atoms with E-state index in [0.29, 0.717) is 6.07 Å². The maximum Gasteiger partial charge on any atom is 0.509 e. The third-order valence-corrected chi connectivity index (χ3v) is 3.30. The first-order valence-electron chi connectivity index (χ1n) is 6.45. The first-order valence-corrected chi connectivity index (χ1v) is 6.45. The topological polar surface area (TPSA) is 9.23 Å². The summed E-state index contributed by atoms with van der Waals surface area (Å²) in [5.74, 6) is -1.19. The van der Waals surface area contributed by atoms with E-state index in [9.17, 15) is 17.3 Å². The van der Waals surface area contributed by atoms with Gasteiger partial charge in [0, 0.05) is 0 Å². The third kappa shape index (κ3) is 3.77. The van der Waals surface area contributed by atoms with Crippen LogP contribution in [0.1, 0.15) is 16.7 Å². The van der Waals surface area contributed by atoms with Crippen molar-refractivity contribution < 1.29 is 22.1 Å². The van der Waals surface area contributed by atoms with E-state index in [-0.39, 0.29) is 12.4 Å². The number of aryl methyl sites for hydroxylation is 2. The van der Waals surface area contributed by atoms with Crippen LogP contribution in [0.4, 0.5) is 17.3 Å². The van der Waals surface area contributed by atoms with E-state index in [1.54, 1.807) is 6.07 Å². The molecule has 0 bridgehead atoms. The molecule has 0 unspecified atom stereocenters. The zero-order valence-electron chi connectivity index (χ0n) is 11.7. The summed E-state index contributed by atoms with van der Waals surface area (Å²) in [5, 5.41) is 0. The molecule has 21 heavy (non-hydrogen) atoms. The summed E-state index contributed by atoms with van der Waals surface area (Å²) in [6.07, 6.45) is 0. The Morgan fingerprint density at radius 3 is 2.29 bits per heavy atom. The molecule has 0 amide bonds. The average molecular weight is 297 g/mol. The van der Waals surface area contributed by atoms with E-state index in [4.69, 9.17) is 4.74 Å². The molecule has 0 N–H and O–H groups in total. The predicted octanol–water partition coefficient (Wildman–Crippen LogP) is 4.08. The van der Waals surface area contributed by atoms with Gasteiger partial charge < -0.3 is 17.7 Å². The monoisotopic (exact) mass is 297 g/mol. The molecule has 0 heterocycles. The molecule has 0 aliphatic carbocycles. The molecule has 0 aromatic heterocycles. The lowest BCUT2D eigenvalue weighted by molar-refractivity contribution is 0.290. The summed E-state index contributed by atoms with van der Waals surface area (Å²) in [4.78, 5) is 0. The highest BCUT2D eigenvalue weighted by molar-refractivity contribution is 6.73. The first-order chi connectivity index (χ1) is 9.77. The van der Waals surface area contributed by atoms with Gasteiger partial charge >= 0.3 is 6.98 Å². The average Bonchev–Trinajstić information content (AvgIpc) is 2.40. The minimum Gasteiger partial charge on any atom is -0.486 e. The van der Waals surface area contributed by atoms with E-state index in [0.717, 1.165) is 28.8 Å². The molecular formula is C15H14BF4O-. The van der Waals surface area contributed by atoms with Gasteiger partial charge in [0.15, 0.2) is 11.6 Å². The van der Waals surface area contributed by atoms with Crippen molar-refractivity contribution in [1.82, 2.24) is 0 Å². The van der Waals surface area contributed by atoms with Crippen LogP contribution < -0.4 is 10.2 Å². The molecule has 0 atom stereocenters. The Kier molecular flexibility index (Phi) is 4.25. The Balaban J connectivity index is 2.17. The molecule has 2 rings (SSSR count). The van der Waals surface area contributed by atoms with Gasteiger partial charge in [0.2, 0.25) is 0 Å². The van der Waals surface area contributed by atoms with Gasteiger partial charge in [0.1, 0.15) is 6.61 Å². The SMILES string of the molecule is Cc1ccc(COc2cc([B-](F)(F)F)ccc2F)cc1C. The maximum atomic E-state index is 13.5. The molecule has 2 aromatic rings. The lowest BCUT2D eigenvalue weighted by Crippen LogP contribution is -2.34. The van der Waals surface area contributed by atoms with Crippen LogP contribution in [0.3, 0.4) is 0 Å². The van der Waals surface area contributed by atoms with Gasteiger partial charge in [0.05, 0.1) is 0 Å². The Morgan fingerprint density at radius 1 is 0.952 bits per heavy atom. The fraction of sp³-hybridized carbons (Fsp3) is 0.200. The second kappa shape index (κ2) is 5.80. The van der Waals surface area contributed by atoms with E-state index < -0.39 is 18.3 Å². The number of rotatable bonds is 4. The lowest BCUT2D eigenvalue weighted by Gasteiger charge is -2.16. The zero-order chi connectivity index (χ0) is 15.6. The molecule has 2 aromatic carbocycles. The number of hydrogen-bond donors (Lipinski definition) is 0. The lowest BCUT2D eigenvalue weighted by atomic mass is 9.80. The van der Waals surface area contributed by atoms with Gasteiger partial charge in [-0.15, -0.1) is 5.46 Å². The molecule has 0 aliphatic heterocycles. The molecule has 0 fully saturated rings. The molecule has 0 aliphatic rings. The predicted molar refractivity (Wildman–Crippen MR) is 75.4 cm³/mol. The molecule has 0 radical (unpaired) electrons. The van der Waals surface area contributed by atoms with Gasteiger partial charge in [-0.3, -0.25) is 0 Å². The summed E-state index contributed by atoms with van der Waals surface area (Å²) >= 11 is 0. The molecular weight excluding hydrogens is 283 g/mol. The van der Waals surface area contributed by atoms with Gasteiger partial charge in [-0.05, 0) is 42.7 Å². The van der Waals surface area contributed by atoms with E-state index in [2.05, 4.69) is 0 Å². The van der Waals surface area contributed by atoms with Crippen LogP contribution in [0.25, 0.3) is 0 Å². The maximum absolute atomic E-state index is 13.5. The number of benzene rings is 2. The molecule has 112 valence electrons. The van der Waals surface area contributed by atoms with Crippen molar-refractivity contribution >= 4 is 12.4 Å². The van der Waals surface area contributed by atoms with E-state index in [1.165, 1.54) is 0 Å². The third-order valence-electron chi connectivity index (χ3n) is 3.30. The van der Waals surface area contributed by atoms with Crippen LogP contribution in [-0.2, 0) is 6.61 Å². The van der Waals surface area contributed by atoms with Crippen LogP contribution in [0.15, 0.2) is 36.4 Å². The van der Waals surface area contributed by atoms with Gasteiger partial charge in [-0.1, -0.05) is 24.3 Å². The summed E-state index contributed by atoms with van der Waals surface area (Å²) in [6, 6.07) is 7.76. The second-order valence-electron chi connectivity index (χ2n) is 4.97. The summed E-state index contributed by atoms with van der Waals surface area (Å²) in [6.45, 7) is -1.27. The number of ether oxygens (including phenoxy) is 1. The van der Waals surface area contributed by atoms with Crippen LogP contribution >= 0.6 is 0 Å². The largest absolute Gasteiger partial charge is 0.509 e. The van der Waals surface area contributed by atoms with Crippen LogP contribution in [0, 0.1) is 19.7 Å². The van der Waals surface area contributed by atoms with Crippen molar-refractivity contribution in [3.63, 3.8) is 0 Å². The highest BCUT2D eigenvalue weighted by Gasteiger charge is 2.26. The molecule has 0 saturated heterocycles. The van der Waals surface area contributed by atoms with Crippen molar-refractivity contribution in [3.05, 3.63) is 58.9 Å². The Morgan fingerprint density at radius 2 is 1.67 bits per heavy atom. The fourth-order valence-electron chi connectivity index (χ4n) is 1.89. The smallest absolute Gasteiger partial charge is 0.486 e. The second-order valence-corrected chi connectivity index (χ2v) is 4.97. The minimum atomic E-state index is -5.17. The molecule has 6 heteroatoms. The number of halogens is 4. The Hall–Kier alpha value is -1.98. The summed E-state index contributed by atoms with van der Waals surface area (Å²) in [5.41, 5.74) is 2.06. The van der Waals surface area contributed by atoms with Crippen molar-refractivity contribution in [3.8, 4) is 5.75 Å². The minimum absolute atomic E-state index is 0.0202. The summed E-state index contributed by atoms with van der Waals surface area (Å²) in [7, 11) is 0. The molecule has 0 saturated carbocycles. The summed E-state index contributed by atoms with van der Waals surface area (Å²) < 4.78 is 56.6. The van der Waals surface area contributed by atoms with Crippen molar-refractivity contribution in [2.24, 2.45) is 0 Å². The Bertz CT molecular complexity index is 653.